The molecule has 0 aromatic carbocycles. The number of nitrogens with two attached hydrogens (primary N) is 1. The summed E-state index contributed by atoms with van der Waals surface area (Å²) < 4.78 is 35.7. The fourth-order valence-corrected chi connectivity index (χ4v) is 3.69. The number of hydrogen-bond donors (Lipinski definition) is 2. The van der Waals surface area contributed by atoms with Gasteiger partial charge < -0.3 is 15.2 Å². The van der Waals surface area contributed by atoms with E-state index in [1.165, 1.54) is 19.1 Å². The SMILES string of the molecule is C.C.C.CC1(C)CCC[C@@H](CN)O1.CC1(C)CCC[C@@H](CNS(C)(=O)=O)O1. The van der Waals surface area contributed by atoms with E-state index in [2.05, 4.69) is 18.6 Å². The van der Waals surface area contributed by atoms with Crippen LogP contribution in [0.15, 0.2) is 0 Å². The minimum atomic E-state index is -3.09. The van der Waals surface area contributed by atoms with E-state index >= 15 is 0 Å². The molecule has 2 heterocycles. The van der Waals surface area contributed by atoms with Crippen molar-refractivity contribution in [1.29, 1.82) is 0 Å². The Hall–Kier alpha value is -0.210. The molecule has 2 rings (SSSR count). The first-order valence-corrected chi connectivity index (χ1v) is 10.8. The molecule has 0 unspecified atom stereocenters. The highest BCUT2D eigenvalue weighted by molar-refractivity contribution is 7.88. The van der Waals surface area contributed by atoms with Crippen LogP contribution in [0.2, 0.25) is 0 Å². The summed E-state index contributed by atoms with van der Waals surface area (Å²) in [4.78, 5) is 0. The lowest BCUT2D eigenvalue weighted by Crippen LogP contribution is -2.41. The summed E-state index contributed by atoms with van der Waals surface area (Å²) >= 11 is 0. The van der Waals surface area contributed by atoms with Gasteiger partial charge in [-0.3, -0.25) is 0 Å². The molecule has 0 spiro atoms. The third-order valence-electron chi connectivity index (χ3n) is 4.42. The molecule has 2 aliphatic rings. The summed E-state index contributed by atoms with van der Waals surface area (Å²) in [5.74, 6) is 0. The number of ether oxygens (including phenoxy) is 2. The zero-order valence-electron chi connectivity index (χ0n) is 15.9. The predicted molar refractivity (Wildman–Crippen MR) is 118 cm³/mol. The Morgan fingerprint density at radius 3 is 1.67 bits per heavy atom. The Balaban J connectivity index is -0.000000400. The summed E-state index contributed by atoms with van der Waals surface area (Å²) in [5, 5.41) is 0. The third kappa shape index (κ3) is 14.4. The van der Waals surface area contributed by atoms with Gasteiger partial charge in [0, 0.05) is 13.1 Å². The highest BCUT2D eigenvalue weighted by atomic mass is 32.2. The minimum Gasteiger partial charge on any atom is -0.371 e. The van der Waals surface area contributed by atoms with Crippen LogP contribution in [0.1, 0.15) is 88.5 Å². The molecule has 2 fully saturated rings. The van der Waals surface area contributed by atoms with Crippen LogP contribution in [0.4, 0.5) is 0 Å². The standard InChI is InChI=1S/C9H19NO3S.C8H17NO.3CH4/c1-9(2)6-4-5-8(13-9)7-10-14(3,11)12;1-8(2)5-3-4-7(6-9)10-8;;;/h8,10H,4-7H2,1-3H3;7H,3-6,9H2,1-2H3;3*1H4/t8-;7-;;;/m00.../s1. The normalized spacial score (nSPS) is 26.1. The second-order valence-corrected chi connectivity index (χ2v) is 9.97. The van der Waals surface area contributed by atoms with Gasteiger partial charge in [-0.1, -0.05) is 22.3 Å². The van der Waals surface area contributed by atoms with Crippen LogP contribution in [0.25, 0.3) is 0 Å². The summed E-state index contributed by atoms with van der Waals surface area (Å²) in [6.45, 7) is 9.41. The van der Waals surface area contributed by atoms with Gasteiger partial charge in [0.15, 0.2) is 0 Å². The van der Waals surface area contributed by atoms with E-state index in [-0.39, 0.29) is 39.6 Å². The number of rotatable bonds is 4. The average molecular weight is 413 g/mol. The second-order valence-electron chi connectivity index (χ2n) is 8.14. The van der Waals surface area contributed by atoms with E-state index in [0.717, 1.165) is 25.7 Å². The lowest BCUT2D eigenvalue weighted by Gasteiger charge is -2.36. The number of hydrogen-bond acceptors (Lipinski definition) is 5. The fourth-order valence-electron chi connectivity index (χ4n) is 3.20. The quantitative estimate of drug-likeness (QED) is 0.726. The summed E-state index contributed by atoms with van der Waals surface area (Å²) in [6, 6.07) is 0. The van der Waals surface area contributed by atoms with E-state index in [0.29, 0.717) is 19.2 Å². The van der Waals surface area contributed by atoms with Gasteiger partial charge in [0.05, 0.1) is 29.7 Å². The van der Waals surface area contributed by atoms with E-state index in [4.69, 9.17) is 15.2 Å². The third-order valence-corrected chi connectivity index (χ3v) is 5.11. The molecule has 0 amide bonds. The molecule has 0 aromatic rings. The van der Waals surface area contributed by atoms with Gasteiger partial charge >= 0.3 is 0 Å². The Kier molecular flexibility index (Phi) is 15.3. The lowest BCUT2D eigenvalue weighted by molar-refractivity contribution is -0.103. The maximum absolute atomic E-state index is 10.9. The molecule has 0 aliphatic carbocycles. The van der Waals surface area contributed by atoms with Crippen molar-refractivity contribution < 1.29 is 17.9 Å². The lowest BCUT2D eigenvalue weighted by atomic mass is 9.95. The molecular formula is C20H48N2O4S. The van der Waals surface area contributed by atoms with Crippen LogP contribution in [0, 0.1) is 0 Å². The molecule has 7 heteroatoms. The Bertz CT molecular complexity index is 478. The van der Waals surface area contributed by atoms with Crippen LogP contribution in [-0.2, 0) is 19.5 Å². The first kappa shape index (κ1) is 31.5. The molecule has 0 saturated carbocycles. The van der Waals surface area contributed by atoms with Gasteiger partial charge in [0.2, 0.25) is 10.0 Å². The van der Waals surface area contributed by atoms with E-state index in [1.807, 2.05) is 13.8 Å². The van der Waals surface area contributed by atoms with E-state index in [1.54, 1.807) is 0 Å². The molecule has 0 bridgehead atoms. The van der Waals surface area contributed by atoms with Crippen molar-refractivity contribution in [2.24, 2.45) is 5.73 Å². The van der Waals surface area contributed by atoms with Gasteiger partial charge in [-0.05, 0) is 66.2 Å². The van der Waals surface area contributed by atoms with Crippen molar-refractivity contribution in [3.8, 4) is 0 Å². The molecule has 2 aliphatic heterocycles. The van der Waals surface area contributed by atoms with Crippen LogP contribution < -0.4 is 10.5 Å². The molecule has 0 aromatic heterocycles. The van der Waals surface area contributed by atoms with Crippen LogP contribution in [0.5, 0.6) is 0 Å². The summed E-state index contributed by atoms with van der Waals surface area (Å²) in [6.07, 6.45) is 8.15. The largest absolute Gasteiger partial charge is 0.371 e. The summed E-state index contributed by atoms with van der Waals surface area (Å²) in [5.41, 5.74) is 5.46. The number of sulfonamides is 1. The van der Waals surface area contributed by atoms with Crippen molar-refractivity contribution in [2.45, 2.75) is 112 Å². The zero-order chi connectivity index (χ0) is 18.4. The van der Waals surface area contributed by atoms with Crippen LogP contribution in [-0.4, -0.2) is 51.2 Å². The Morgan fingerprint density at radius 2 is 1.33 bits per heavy atom. The average Bonchev–Trinajstić information content (AvgIpc) is 2.43. The van der Waals surface area contributed by atoms with E-state index in [9.17, 15) is 8.42 Å². The highest BCUT2D eigenvalue weighted by Crippen LogP contribution is 2.28. The van der Waals surface area contributed by atoms with Gasteiger partial charge in [0.25, 0.3) is 0 Å². The van der Waals surface area contributed by atoms with Gasteiger partial charge in [-0.2, -0.15) is 0 Å². The predicted octanol–water partition coefficient (Wildman–Crippen LogP) is 4.08. The van der Waals surface area contributed by atoms with Gasteiger partial charge in [-0.15, -0.1) is 0 Å². The first-order chi connectivity index (χ1) is 10.9. The number of nitrogens with one attached hydrogen (secondary N) is 1. The van der Waals surface area contributed by atoms with Crippen LogP contribution in [0.3, 0.4) is 0 Å². The molecule has 0 radical (unpaired) electrons. The zero-order valence-corrected chi connectivity index (χ0v) is 16.7. The molecule has 3 N–H and O–H groups in total. The van der Waals surface area contributed by atoms with Crippen LogP contribution >= 0.6 is 0 Å². The minimum absolute atomic E-state index is 0. The highest BCUT2D eigenvalue weighted by Gasteiger charge is 2.29. The van der Waals surface area contributed by atoms with Gasteiger partial charge in [-0.25, -0.2) is 13.1 Å². The molecule has 168 valence electrons. The molecule has 27 heavy (non-hydrogen) atoms. The molecule has 2 atom stereocenters. The maximum Gasteiger partial charge on any atom is 0.208 e. The van der Waals surface area contributed by atoms with Crippen molar-refractivity contribution >= 4 is 10.0 Å². The molecular weight excluding hydrogens is 364 g/mol. The second kappa shape index (κ2) is 13.1. The molecule has 2 saturated heterocycles. The fraction of sp³-hybridized carbons (Fsp3) is 1.00. The van der Waals surface area contributed by atoms with Crippen molar-refractivity contribution in [1.82, 2.24) is 4.72 Å². The molecule has 6 nitrogen and oxygen atoms in total. The van der Waals surface area contributed by atoms with Crippen molar-refractivity contribution in [3.63, 3.8) is 0 Å². The van der Waals surface area contributed by atoms with E-state index < -0.39 is 10.0 Å². The first-order valence-electron chi connectivity index (χ1n) is 8.93. The smallest absolute Gasteiger partial charge is 0.208 e. The van der Waals surface area contributed by atoms with Crippen molar-refractivity contribution in [3.05, 3.63) is 0 Å². The van der Waals surface area contributed by atoms with Gasteiger partial charge in [0.1, 0.15) is 0 Å². The maximum atomic E-state index is 10.9. The monoisotopic (exact) mass is 412 g/mol. The summed E-state index contributed by atoms with van der Waals surface area (Å²) in [7, 11) is -3.09. The van der Waals surface area contributed by atoms with Crippen molar-refractivity contribution in [2.75, 3.05) is 19.3 Å². The Labute approximate surface area is 170 Å². The Morgan fingerprint density at radius 1 is 0.926 bits per heavy atom. The topological polar surface area (TPSA) is 90.6 Å².